The fourth-order valence-corrected chi connectivity index (χ4v) is 1.77. The summed E-state index contributed by atoms with van der Waals surface area (Å²) in [5, 5.41) is 3.90. The lowest BCUT2D eigenvalue weighted by molar-refractivity contribution is 0.417. The number of aromatic nitrogens is 1. The van der Waals surface area contributed by atoms with Crippen LogP contribution in [0.3, 0.4) is 0 Å². The number of pyridine rings is 1. The van der Waals surface area contributed by atoms with E-state index in [2.05, 4.69) is 10.3 Å². The van der Waals surface area contributed by atoms with Crippen LogP contribution in [-0.4, -0.2) is 12.1 Å². The van der Waals surface area contributed by atoms with Gasteiger partial charge in [0.25, 0.3) is 0 Å². The zero-order valence-corrected chi connectivity index (χ0v) is 11.0. The molecule has 0 saturated carbocycles. The molecule has 5 heteroatoms. The number of nitrogen functional groups attached to an aromatic ring is 1. The summed E-state index contributed by atoms with van der Waals surface area (Å²) in [6.07, 6.45) is 1.65. The van der Waals surface area contributed by atoms with Crippen molar-refractivity contribution in [3.8, 4) is 5.75 Å². The number of rotatable bonds is 3. The largest absolute Gasteiger partial charge is 0.495 e. The smallest absolute Gasteiger partial charge is 0.143 e. The molecule has 2 aromatic rings. The number of nitrogens with one attached hydrogen (secondary N) is 1. The number of nitrogens with zero attached hydrogens (tertiary/aromatic N) is 1. The van der Waals surface area contributed by atoms with Crippen LogP contribution in [0.5, 0.6) is 5.75 Å². The van der Waals surface area contributed by atoms with Gasteiger partial charge in [0.1, 0.15) is 11.6 Å². The Labute approximate surface area is 111 Å². The van der Waals surface area contributed by atoms with Crippen molar-refractivity contribution in [2.75, 3.05) is 18.2 Å². The van der Waals surface area contributed by atoms with Crippen LogP contribution in [0.2, 0.25) is 5.02 Å². The summed E-state index contributed by atoms with van der Waals surface area (Å²) in [5.74, 6) is 1.14. The monoisotopic (exact) mass is 263 g/mol. The second-order valence-electron chi connectivity index (χ2n) is 3.90. The molecule has 4 nitrogen and oxygen atoms in total. The lowest BCUT2D eigenvalue weighted by atomic mass is 10.2. The number of nitrogens with two attached hydrogens (primary N) is 1. The number of halogens is 1. The highest BCUT2D eigenvalue weighted by Crippen LogP contribution is 2.33. The van der Waals surface area contributed by atoms with Crippen molar-refractivity contribution in [2.45, 2.75) is 6.92 Å². The minimum Gasteiger partial charge on any atom is -0.495 e. The first kappa shape index (κ1) is 12.5. The number of hydrogen-bond donors (Lipinski definition) is 2. The van der Waals surface area contributed by atoms with E-state index in [0.717, 1.165) is 16.9 Å². The van der Waals surface area contributed by atoms with Gasteiger partial charge in [0, 0.05) is 29.0 Å². The molecule has 0 amide bonds. The average molecular weight is 264 g/mol. The van der Waals surface area contributed by atoms with Gasteiger partial charge in [-0.25, -0.2) is 4.98 Å². The molecule has 1 aromatic heterocycles. The summed E-state index contributed by atoms with van der Waals surface area (Å²) < 4.78 is 5.29. The number of ether oxygens (including phenoxy) is 1. The molecule has 3 N–H and O–H groups in total. The fraction of sp³-hybridized carbons (Fsp3) is 0.154. The van der Waals surface area contributed by atoms with Gasteiger partial charge in [-0.15, -0.1) is 0 Å². The van der Waals surface area contributed by atoms with Crippen LogP contribution in [0, 0.1) is 6.92 Å². The minimum absolute atomic E-state index is 0.463. The Kier molecular flexibility index (Phi) is 3.58. The summed E-state index contributed by atoms with van der Waals surface area (Å²) in [6.45, 7) is 1.94. The molecule has 2 rings (SSSR count). The van der Waals surface area contributed by atoms with E-state index in [-0.39, 0.29) is 0 Å². The number of anilines is 3. The van der Waals surface area contributed by atoms with E-state index in [9.17, 15) is 0 Å². The SMILES string of the molecule is COc1cc(Cl)c(C)cc1Nc1ccnc(N)c1. The second-order valence-corrected chi connectivity index (χ2v) is 4.30. The van der Waals surface area contributed by atoms with Crippen LogP contribution < -0.4 is 15.8 Å². The second kappa shape index (κ2) is 5.14. The molecule has 0 unspecified atom stereocenters. The molecule has 18 heavy (non-hydrogen) atoms. The zero-order valence-electron chi connectivity index (χ0n) is 10.2. The lowest BCUT2D eigenvalue weighted by Crippen LogP contribution is -1.97. The van der Waals surface area contributed by atoms with Crippen molar-refractivity contribution in [3.63, 3.8) is 0 Å². The van der Waals surface area contributed by atoms with Crippen molar-refractivity contribution >= 4 is 28.8 Å². The molecule has 0 spiro atoms. The maximum absolute atomic E-state index is 6.06. The third-order valence-electron chi connectivity index (χ3n) is 2.54. The van der Waals surface area contributed by atoms with Gasteiger partial charge in [0.2, 0.25) is 0 Å². The summed E-state index contributed by atoms with van der Waals surface area (Å²) in [5.41, 5.74) is 8.29. The number of hydrogen-bond acceptors (Lipinski definition) is 4. The Morgan fingerprint density at radius 2 is 2.11 bits per heavy atom. The Hall–Kier alpha value is -1.94. The molecule has 0 fully saturated rings. The molecule has 1 heterocycles. The summed E-state index contributed by atoms with van der Waals surface area (Å²) in [7, 11) is 1.60. The van der Waals surface area contributed by atoms with E-state index in [0.29, 0.717) is 16.6 Å². The van der Waals surface area contributed by atoms with Crippen LogP contribution >= 0.6 is 11.6 Å². The fourth-order valence-electron chi connectivity index (χ4n) is 1.61. The summed E-state index contributed by atoms with van der Waals surface area (Å²) in [6, 6.07) is 7.30. The molecular weight excluding hydrogens is 250 g/mol. The summed E-state index contributed by atoms with van der Waals surface area (Å²) in [4.78, 5) is 3.94. The highest BCUT2D eigenvalue weighted by Gasteiger charge is 2.07. The number of aryl methyl sites for hydroxylation is 1. The summed E-state index contributed by atoms with van der Waals surface area (Å²) >= 11 is 6.06. The quantitative estimate of drug-likeness (QED) is 0.891. The number of benzene rings is 1. The third-order valence-corrected chi connectivity index (χ3v) is 2.95. The predicted octanol–water partition coefficient (Wildman–Crippen LogP) is 3.38. The van der Waals surface area contributed by atoms with Gasteiger partial charge in [0.15, 0.2) is 0 Å². The molecule has 0 aliphatic carbocycles. The van der Waals surface area contributed by atoms with E-state index in [1.54, 1.807) is 25.4 Å². The predicted molar refractivity (Wildman–Crippen MR) is 74.7 cm³/mol. The molecular formula is C13H14ClN3O. The molecule has 1 aromatic carbocycles. The molecule has 94 valence electrons. The van der Waals surface area contributed by atoms with E-state index in [1.807, 2.05) is 19.1 Å². The first-order valence-electron chi connectivity index (χ1n) is 5.43. The van der Waals surface area contributed by atoms with E-state index in [1.165, 1.54) is 0 Å². The van der Waals surface area contributed by atoms with Gasteiger partial charge < -0.3 is 15.8 Å². The van der Waals surface area contributed by atoms with E-state index < -0.39 is 0 Å². The Morgan fingerprint density at radius 3 is 2.78 bits per heavy atom. The van der Waals surface area contributed by atoms with Gasteiger partial charge in [-0.05, 0) is 24.6 Å². The van der Waals surface area contributed by atoms with Crippen molar-refractivity contribution in [1.82, 2.24) is 4.98 Å². The maximum Gasteiger partial charge on any atom is 0.143 e. The van der Waals surface area contributed by atoms with Gasteiger partial charge in [-0.2, -0.15) is 0 Å². The average Bonchev–Trinajstić information content (AvgIpc) is 2.33. The van der Waals surface area contributed by atoms with Crippen molar-refractivity contribution in [2.24, 2.45) is 0 Å². The molecule has 0 aliphatic heterocycles. The van der Waals surface area contributed by atoms with Crippen molar-refractivity contribution in [3.05, 3.63) is 41.0 Å². The van der Waals surface area contributed by atoms with Gasteiger partial charge >= 0.3 is 0 Å². The zero-order chi connectivity index (χ0) is 13.1. The Balaban J connectivity index is 2.36. The highest BCUT2D eigenvalue weighted by molar-refractivity contribution is 6.31. The molecule has 0 aliphatic rings. The minimum atomic E-state index is 0.463. The standard InChI is InChI=1S/C13H14ClN3O/c1-8-5-11(12(18-2)7-10(8)14)17-9-3-4-16-13(15)6-9/h3-7H,1-2H3,(H3,15,16,17). The van der Waals surface area contributed by atoms with Crippen LogP contribution in [0.25, 0.3) is 0 Å². The lowest BCUT2D eigenvalue weighted by Gasteiger charge is -2.13. The van der Waals surface area contributed by atoms with Gasteiger partial charge in [-0.1, -0.05) is 11.6 Å². The first-order valence-corrected chi connectivity index (χ1v) is 5.80. The molecule has 0 saturated heterocycles. The number of methoxy groups -OCH3 is 1. The van der Waals surface area contributed by atoms with Crippen LogP contribution in [0.15, 0.2) is 30.5 Å². The van der Waals surface area contributed by atoms with Gasteiger partial charge in [0.05, 0.1) is 12.8 Å². The third kappa shape index (κ3) is 2.65. The molecule has 0 atom stereocenters. The topological polar surface area (TPSA) is 60.2 Å². The first-order chi connectivity index (χ1) is 8.60. The Bertz CT molecular complexity index is 572. The van der Waals surface area contributed by atoms with E-state index in [4.69, 9.17) is 22.1 Å². The van der Waals surface area contributed by atoms with Gasteiger partial charge in [-0.3, -0.25) is 0 Å². The normalized spacial score (nSPS) is 10.2. The van der Waals surface area contributed by atoms with Crippen molar-refractivity contribution < 1.29 is 4.74 Å². The molecule has 0 radical (unpaired) electrons. The van der Waals surface area contributed by atoms with Crippen LogP contribution in [-0.2, 0) is 0 Å². The molecule has 0 bridgehead atoms. The van der Waals surface area contributed by atoms with Crippen LogP contribution in [0.4, 0.5) is 17.2 Å². The van der Waals surface area contributed by atoms with E-state index >= 15 is 0 Å². The van der Waals surface area contributed by atoms with Crippen LogP contribution in [0.1, 0.15) is 5.56 Å². The van der Waals surface area contributed by atoms with Crippen molar-refractivity contribution in [1.29, 1.82) is 0 Å². The Morgan fingerprint density at radius 1 is 1.33 bits per heavy atom. The highest BCUT2D eigenvalue weighted by atomic mass is 35.5. The maximum atomic E-state index is 6.06.